The summed E-state index contributed by atoms with van der Waals surface area (Å²) in [5.74, 6) is 0.0641. The number of rotatable bonds is 4. The van der Waals surface area contributed by atoms with Crippen LogP contribution < -0.4 is 10.2 Å². The molecule has 0 bridgehead atoms. The van der Waals surface area contributed by atoms with Crippen molar-refractivity contribution < 1.29 is 9.18 Å². The second-order valence-corrected chi connectivity index (χ2v) is 6.23. The largest absolute Gasteiger partial charge is 0.371 e. The third-order valence-corrected chi connectivity index (χ3v) is 4.35. The summed E-state index contributed by atoms with van der Waals surface area (Å²) in [6.45, 7) is 2.41. The number of hydrogen-bond acceptors (Lipinski definition) is 2. The van der Waals surface area contributed by atoms with E-state index in [-0.39, 0.29) is 11.7 Å². The molecule has 1 aliphatic heterocycles. The number of nitrogens with zero attached hydrogens (tertiary/aromatic N) is 1. The molecule has 1 N–H and O–H groups in total. The van der Waals surface area contributed by atoms with Crippen LogP contribution in [-0.2, 0) is 0 Å². The molecular weight excluding hydrogens is 315 g/mol. The maximum atomic E-state index is 13.0. The summed E-state index contributed by atoms with van der Waals surface area (Å²) in [5.41, 5.74) is 1.60. The van der Waals surface area contributed by atoms with Crippen LogP contribution in [0.2, 0.25) is 5.02 Å². The van der Waals surface area contributed by atoms with Crippen molar-refractivity contribution in [3.05, 3.63) is 64.9 Å². The molecule has 0 radical (unpaired) electrons. The lowest BCUT2D eigenvalue weighted by atomic mass is 10.1. The molecule has 1 atom stereocenters. The lowest BCUT2D eigenvalue weighted by Crippen LogP contribution is -2.31. The van der Waals surface area contributed by atoms with Crippen LogP contribution in [0.15, 0.2) is 48.5 Å². The lowest BCUT2D eigenvalue weighted by Gasteiger charge is -2.18. The minimum absolute atomic E-state index is 0.104. The van der Waals surface area contributed by atoms with Gasteiger partial charge in [-0.15, -0.1) is 0 Å². The van der Waals surface area contributed by atoms with Crippen molar-refractivity contribution in [1.82, 2.24) is 5.32 Å². The minimum atomic E-state index is -0.224. The van der Waals surface area contributed by atoms with Crippen molar-refractivity contribution in [2.24, 2.45) is 5.92 Å². The van der Waals surface area contributed by atoms with Crippen molar-refractivity contribution in [3.8, 4) is 0 Å². The molecule has 3 rings (SSSR count). The number of carbonyl (C=O) groups is 1. The van der Waals surface area contributed by atoms with Gasteiger partial charge in [0, 0.05) is 35.9 Å². The Morgan fingerprint density at radius 3 is 2.78 bits per heavy atom. The SMILES string of the molecule is O=C(NCC1CCN(c2ccc(F)cc2)C1)c1cccc(Cl)c1. The second kappa shape index (κ2) is 7.01. The first-order valence-corrected chi connectivity index (χ1v) is 8.04. The minimum Gasteiger partial charge on any atom is -0.371 e. The highest BCUT2D eigenvalue weighted by atomic mass is 35.5. The molecular formula is C18H18ClFN2O. The normalized spacial score (nSPS) is 17.3. The smallest absolute Gasteiger partial charge is 0.251 e. The van der Waals surface area contributed by atoms with Gasteiger partial charge in [-0.25, -0.2) is 4.39 Å². The number of amides is 1. The first-order chi connectivity index (χ1) is 11.1. The van der Waals surface area contributed by atoms with E-state index in [1.165, 1.54) is 12.1 Å². The highest BCUT2D eigenvalue weighted by molar-refractivity contribution is 6.30. The van der Waals surface area contributed by atoms with E-state index in [4.69, 9.17) is 11.6 Å². The maximum absolute atomic E-state index is 13.0. The average Bonchev–Trinajstić information content (AvgIpc) is 3.02. The molecule has 3 nitrogen and oxygen atoms in total. The van der Waals surface area contributed by atoms with Gasteiger partial charge in [-0.2, -0.15) is 0 Å². The molecule has 0 saturated carbocycles. The van der Waals surface area contributed by atoms with Crippen LogP contribution in [0.1, 0.15) is 16.8 Å². The fourth-order valence-electron chi connectivity index (χ4n) is 2.85. The zero-order valence-electron chi connectivity index (χ0n) is 12.6. The molecule has 120 valence electrons. The van der Waals surface area contributed by atoms with E-state index in [9.17, 15) is 9.18 Å². The Bertz CT molecular complexity index is 690. The summed E-state index contributed by atoms with van der Waals surface area (Å²) in [6, 6.07) is 13.5. The molecule has 0 spiro atoms. The number of halogens is 2. The van der Waals surface area contributed by atoms with Gasteiger partial charge in [0.1, 0.15) is 5.82 Å². The van der Waals surface area contributed by atoms with Crippen molar-refractivity contribution in [2.45, 2.75) is 6.42 Å². The number of benzene rings is 2. The maximum Gasteiger partial charge on any atom is 0.251 e. The highest BCUT2D eigenvalue weighted by Gasteiger charge is 2.23. The standard InChI is InChI=1S/C18H18ClFN2O/c19-15-3-1-2-14(10-15)18(23)21-11-13-8-9-22(12-13)17-6-4-16(20)5-7-17/h1-7,10,13H,8-9,11-12H2,(H,21,23). The molecule has 1 fully saturated rings. The van der Waals surface area contributed by atoms with E-state index in [0.717, 1.165) is 25.2 Å². The van der Waals surface area contributed by atoms with Crippen molar-refractivity contribution in [1.29, 1.82) is 0 Å². The van der Waals surface area contributed by atoms with Gasteiger partial charge in [0.15, 0.2) is 0 Å². The Kier molecular flexibility index (Phi) is 4.82. The summed E-state index contributed by atoms with van der Waals surface area (Å²) >= 11 is 5.90. The first-order valence-electron chi connectivity index (χ1n) is 7.66. The zero-order chi connectivity index (χ0) is 16.2. The quantitative estimate of drug-likeness (QED) is 0.925. The summed E-state index contributed by atoms with van der Waals surface area (Å²) in [6.07, 6.45) is 1.01. The second-order valence-electron chi connectivity index (χ2n) is 5.80. The average molecular weight is 333 g/mol. The Balaban J connectivity index is 1.52. The van der Waals surface area contributed by atoms with Gasteiger partial charge in [0.25, 0.3) is 5.91 Å². The monoisotopic (exact) mass is 332 g/mol. The van der Waals surface area contributed by atoms with E-state index in [0.29, 0.717) is 23.0 Å². The summed E-state index contributed by atoms with van der Waals surface area (Å²) in [4.78, 5) is 14.3. The van der Waals surface area contributed by atoms with Crippen molar-refractivity contribution in [3.63, 3.8) is 0 Å². The lowest BCUT2D eigenvalue weighted by molar-refractivity contribution is 0.0948. The van der Waals surface area contributed by atoms with Crippen LogP contribution in [0.5, 0.6) is 0 Å². The van der Waals surface area contributed by atoms with Gasteiger partial charge in [-0.1, -0.05) is 17.7 Å². The number of anilines is 1. The third kappa shape index (κ3) is 4.02. The third-order valence-electron chi connectivity index (χ3n) is 4.12. The Hall–Kier alpha value is -2.07. The zero-order valence-corrected chi connectivity index (χ0v) is 13.4. The molecule has 5 heteroatoms. The van der Waals surface area contributed by atoms with E-state index < -0.39 is 0 Å². The van der Waals surface area contributed by atoms with E-state index in [2.05, 4.69) is 10.2 Å². The van der Waals surface area contributed by atoms with E-state index in [1.54, 1.807) is 36.4 Å². The van der Waals surface area contributed by atoms with E-state index >= 15 is 0 Å². The molecule has 0 aromatic heterocycles. The Morgan fingerprint density at radius 2 is 2.04 bits per heavy atom. The molecule has 2 aromatic rings. The summed E-state index contributed by atoms with van der Waals surface area (Å²) < 4.78 is 13.0. The van der Waals surface area contributed by atoms with Gasteiger partial charge in [-0.3, -0.25) is 4.79 Å². The Morgan fingerprint density at radius 1 is 1.26 bits per heavy atom. The predicted molar refractivity (Wildman–Crippen MR) is 90.5 cm³/mol. The topological polar surface area (TPSA) is 32.3 Å². The molecule has 1 saturated heterocycles. The highest BCUT2D eigenvalue weighted by Crippen LogP contribution is 2.23. The molecule has 1 unspecified atom stereocenters. The van der Waals surface area contributed by atoms with Gasteiger partial charge in [0.2, 0.25) is 0 Å². The molecule has 1 aliphatic rings. The molecule has 1 amide bonds. The fourth-order valence-corrected chi connectivity index (χ4v) is 3.04. The molecule has 23 heavy (non-hydrogen) atoms. The van der Waals surface area contributed by atoms with Gasteiger partial charge in [-0.05, 0) is 54.8 Å². The Labute approximate surface area is 140 Å². The van der Waals surface area contributed by atoms with Crippen LogP contribution in [0, 0.1) is 11.7 Å². The van der Waals surface area contributed by atoms with E-state index in [1.807, 2.05) is 0 Å². The van der Waals surface area contributed by atoms with Crippen LogP contribution in [0.4, 0.5) is 10.1 Å². The molecule has 1 heterocycles. The van der Waals surface area contributed by atoms with Crippen LogP contribution in [0.3, 0.4) is 0 Å². The van der Waals surface area contributed by atoms with Crippen molar-refractivity contribution in [2.75, 3.05) is 24.5 Å². The van der Waals surface area contributed by atoms with Crippen LogP contribution in [0.25, 0.3) is 0 Å². The molecule has 2 aromatic carbocycles. The number of nitrogens with one attached hydrogen (secondary N) is 1. The van der Waals surface area contributed by atoms with Gasteiger partial charge in [0.05, 0.1) is 0 Å². The first kappa shape index (κ1) is 15.8. The van der Waals surface area contributed by atoms with Crippen molar-refractivity contribution >= 4 is 23.2 Å². The number of hydrogen-bond donors (Lipinski definition) is 1. The fraction of sp³-hybridized carbons (Fsp3) is 0.278. The summed E-state index contributed by atoms with van der Waals surface area (Å²) in [5, 5.41) is 3.52. The molecule has 0 aliphatic carbocycles. The van der Waals surface area contributed by atoms with Crippen LogP contribution in [-0.4, -0.2) is 25.5 Å². The van der Waals surface area contributed by atoms with Gasteiger partial charge < -0.3 is 10.2 Å². The predicted octanol–water partition coefficient (Wildman–Crippen LogP) is 3.74. The summed E-state index contributed by atoms with van der Waals surface area (Å²) in [7, 11) is 0. The van der Waals surface area contributed by atoms with Crippen LogP contribution >= 0.6 is 11.6 Å². The van der Waals surface area contributed by atoms with Gasteiger partial charge >= 0.3 is 0 Å². The number of carbonyl (C=O) groups excluding carboxylic acids is 1.